The summed E-state index contributed by atoms with van der Waals surface area (Å²) < 4.78 is 0. The third-order valence-electron chi connectivity index (χ3n) is 3.36. The summed E-state index contributed by atoms with van der Waals surface area (Å²) in [7, 11) is 0. The first-order valence-corrected chi connectivity index (χ1v) is 7.14. The molecule has 1 aromatic rings. The van der Waals surface area contributed by atoms with Crippen molar-refractivity contribution < 1.29 is 0 Å². The van der Waals surface area contributed by atoms with E-state index in [0.717, 1.165) is 0 Å². The van der Waals surface area contributed by atoms with Crippen LogP contribution in [0.3, 0.4) is 0 Å². The van der Waals surface area contributed by atoms with Gasteiger partial charge in [-0.15, -0.1) is 0 Å². The Morgan fingerprint density at radius 3 is 2.24 bits per heavy atom. The van der Waals surface area contributed by atoms with E-state index in [1.54, 1.807) is 0 Å². The van der Waals surface area contributed by atoms with Crippen molar-refractivity contribution in [1.29, 1.82) is 0 Å². The predicted octanol–water partition coefficient (Wildman–Crippen LogP) is 5.55. The second-order valence-electron chi connectivity index (χ2n) is 5.17. The fraction of sp³-hybridized carbons (Fsp3) is 0.588. The van der Waals surface area contributed by atoms with Crippen LogP contribution in [-0.4, -0.2) is 0 Å². The van der Waals surface area contributed by atoms with E-state index in [4.69, 9.17) is 0 Å². The van der Waals surface area contributed by atoms with Crippen LogP contribution in [0.1, 0.15) is 70.4 Å². The maximum Gasteiger partial charge on any atom is -0.000922 e. The lowest BCUT2D eigenvalue weighted by molar-refractivity contribution is 0.607. The van der Waals surface area contributed by atoms with Gasteiger partial charge in [0, 0.05) is 0 Å². The lowest BCUT2D eigenvalue weighted by atomic mass is 9.94. The van der Waals surface area contributed by atoms with Crippen LogP contribution in [0.25, 0.3) is 0 Å². The monoisotopic (exact) mass is 231 g/mol. The molecule has 1 rings (SSSR count). The minimum atomic E-state index is 1.24. The molecule has 0 heterocycles. The Kier molecular flexibility index (Phi) is 7.00. The molecule has 0 saturated heterocycles. The van der Waals surface area contributed by atoms with E-state index in [-0.39, 0.29) is 0 Å². The van der Waals surface area contributed by atoms with Gasteiger partial charge in [-0.05, 0) is 29.9 Å². The lowest BCUT2D eigenvalue weighted by Crippen LogP contribution is -1.96. The number of hydrogen-bond donors (Lipinski definition) is 0. The molecule has 0 unspecified atom stereocenters. The summed E-state index contributed by atoms with van der Waals surface area (Å²) in [6.07, 6.45) is 9.53. The number of rotatable bonds is 8. The van der Waals surface area contributed by atoms with Crippen LogP contribution in [-0.2, 0) is 6.42 Å². The van der Waals surface area contributed by atoms with Gasteiger partial charge in [0.15, 0.2) is 0 Å². The van der Waals surface area contributed by atoms with Gasteiger partial charge in [0.1, 0.15) is 0 Å². The highest BCUT2D eigenvalue weighted by molar-refractivity contribution is 5.36. The molecular formula is C17H27. The van der Waals surface area contributed by atoms with Gasteiger partial charge in [-0.1, -0.05) is 77.1 Å². The van der Waals surface area contributed by atoms with Crippen LogP contribution in [0.4, 0.5) is 0 Å². The molecule has 0 aliphatic rings. The number of hydrogen-bond acceptors (Lipinski definition) is 0. The third kappa shape index (κ3) is 5.39. The number of aryl methyl sites for hydroxylation is 1. The van der Waals surface area contributed by atoms with Crippen molar-refractivity contribution in [3.63, 3.8) is 0 Å². The smallest absolute Gasteiger partial charge is 0.000922 e. The van der Waals surface area contributed by atoms with E-state index >= 15 is 0 Å². The number of unbranched alkanes of at least 4 members (excludes halogenated alkanes) is 5. The summed E-state index contributed by atoms with van der Waals surface area (Å²) in [5.41, 5.74) is 2.99. The molecule has 0 heteroatoms. The molecule has 0 aromatic heterocycles. The van der Waals surface area contributed by atoms with Gasteiger partial charge in [-0.3, -0.25) is 0 Å². The molecule has 0 aliphatic carbocycles. The molecule has 17 heavy (non-hydrogen) atoms. The highest BCUT2D eigenvalue weighted by Crippen LogP contribution is 2.20. The van der Waals surface area contributed by atoms with Gasteiger partial charge in [-0.25, -0.2) is 0 Å². The Morgan fingerprint density at radius 1 is 0.882 bits per heavy atom. The van der Waals surface area contributed by atoms with Crippen molar-refractivity contribution in [2.24, 2.45) is 0 Å². The molecule has 0 fully saturated rings. The van der Waals surface area contributed by atoms with Gasteiger partial charge in [0.25, 0.3) is 0 Å². The van der Waals surface area contributed by atoms with Gasteiger partial charge in [-0.2, -0.15) is 0 Å². The molecule has 0 nitrogen and oxygen atoms in total. The van der Waals surface area contributed by atoms with Gasteiger partial charge >= 0.3 is 0 Å². The van der Waals surface area contributed by atoms with Crippen LogP contribution >= 0.6 is 0 Å². The van der Waals surface area contributed by atoms with E-state index in [0.29, 0.717) is 0 Å². The molecule has 1 aromatic carbocycles. The second-order valence-corrected chi connectivity index (χ2v) is 5.17. The van der Waals surface area contributed by atoms with E-state index in [1.165, 1.54) is 62.0 Å². The van der Waals surface area contributed by atoms with Gasteiger partial charge in [0.2, 0.25) is 0 Å². The Balaban J connectivity index is 2.31. The average molecular weight is 231 g/mol. The first-order chi connectivity index (χ1) is 8.25. The predicted molar refractivity (Wildman–Crippen MR) is 77.2 cm³/mol. The zero-order chi connectivity index (χ0) is 12.5. The summed E-state index contributed by atoms with van der Waals surface area (Å²) in [5.74, 6) is 1.44. The topological polar surface area (TPSA) is 0 Å². The van der Waals surface area contributed by atoms with E-state index in [1.807, 2.05) is 0 Å². The average Bonchev–Trinajstić information content (AvgIpc) is 2.34. The summed E-state index contributed by atoms with van der Waals surface area (Å²) >= 11 is 0. The molecular weight excluding hydrogens is 204 g/mol. The minimum absolute atomic E-state index is 1.24. The van der Waals surface area contributed by atoms with Crippen LogP contribution in [0, 0.1) is 5.92 Å². The van der Waals surface area contributed by atoms with Crippen molar-refractivity contribution in [1.82, 2.24) is 0 Å². The molecule has 95 valence electrons. The summed E-state index contributed by atoms with van der Waals surface area (Å²) in [5, 5.41) is 0. The SMILES string of the molecule is CCCCCCCCc1ccccc1[C](C)C. The largest absolute Gasteiger partial charge is 0.0654 e. The maximum absolute atomic E-state index is 2.29. The van der Waals surface area contributed by atoms with Crippen molar-refractivity contribution in [3.8, 4) is 0 Å². The minimum Gasteiger partial charge on any atom is -0.0654 e. The molecule has 0 amide bonds. The quantitative estimate of drug-likeness (QED) is 0.514. The van der Waals surface area contributed by atoms with Crippen LogP contribution in [0.15, 0.2) is 24.3 Å². The zero-order valence-corrected chi connectivity index (χ0v) is 11.8. The molecule has 0 aliphatic heterocycles. The first kappa shape index (κ1) is 14.3. The summed E-state index contributed by atoms with van der Waals surface area (Å²) in [6, 6.07) is 8.85. The molecule has 0 spiro atoms. The maximum atomic E-state index is 2.29. The van der Waals surface area contributed by atoms with Crippen LogP contribution in [0.5, 0.6) is 0 Å². The highest BCUT2D eigenvalue weighted by Gasteiger charge is 2.05. The van der Waals surface area contributed by atoms with Crippen molar-refractivity contribution in [2.75, 3.05) is 0 Å². The third-order valence-corrected chi connectivity index (χ3v) is 3.36. The summed E-state index contributed by atoms with van der Waals surface area (Å²) in [6.45, 7) is 6.69. The molecule has 1 radical (unpaired) electrons. The zero-order valence-electron chi connectivity index (χ0n) is 11.8. The highest BCUT2D eigenvalue weighted by atomic mass is 14.1. The molecule has 0 N–H and O–H groups in total. The van der Waals surface area contributed by atoms with Crippen molar-refractivity contribution in [2.45, 2.75) is 65.7 Å². The van der Waals surface area contributed by atoms with Gasteiger partial charge in [0.05, 0.1) is 0 Å². The van der Waals surface area contributed by atoms with E-state index in [9.17, 15) is 0 Å². The van der Waals surface area contributed by atoms with Gasteiger partial charge < -0.3 is 0 Å². The normalized spacial score (nSPS) is 11.1. The Morgan fingerprint density at radius 2 is 1.53 bits per heavy atom. The standard InChI is InChI=1S/C17H27/c1-4-5-6-7-8-9-12-16-13-10-11-14-17(16)15(2)3/h10-11,13-14H,4-9,12H2,1-3H3. The fourth-order valence-electron chi connectivity index (χ4n) is 2.32. The summed E-state index contributed by atoms with van der Waals surface area (Å²) in [4.78, 5) is 0. The van der Waals surface area contributed by atoms with Crippen LogP contribution < -0.4 is 0 Å². The van der Waals surface area contributed by atoms with Crippen LogP contribution in [0.2, 0.25) is 0 Å². The number of benzene rings is 1. The lowest BCUT2D eigenvalue weighted by Gasteiger charge is -2.11. The van der Waals surface area contributed by atoms with Crippen molar-refractivity contribution >= 4 is 0 Å². The van der Waals surface area contributed by atoms with Crippen molar-refractivity contribution in [3.05, 3.63) is 41.3 Å². The molecule has 0 bridgehead atoms. The second kappa shape index (κ2) is 8.33. The Bertz CT molecular complexity index is 299. The van der Waals surface area contributed by atoms with E-state index < -0.39 is 0 Å². The Hall–Kier alpha value is -0.780. The Labute approximate surface area is 107 Å². The van der Waals surface area contributed by atoms with E-state index in [2.05, 4.69) is 45.0 Å². The molecule has 0 atom stereocenters. The fourth-order valence-corrected chi connectivity index (χ4v) is 2.32. The first-order valence-electron chi connectivity index (χ1n) is 7.14. The molecule has 0 saturated carbocycles.